The monoisotopic (exact) mass is 304 g/mol. The Morgan fingerprint density at radius 3 is 3.14 bits per heavy atom. The molecule has 2 heterocycles. The first-order chi connectivity index (χ1) is 10.7. The smallest absolute Gasteiger partial charge is 0.404 e. The number of nitrogens with zero attached hydrogens (tertiary/aromatic N) is 2. The summed E-state index contributed by atoms with van der Waals surface area (Å²) in [7, 11) is 0. The number of hydrogen-bond acceptors (Lipinski definition) is 4. The number of carboxylic acids is 1. The lowest BCUT2D eigenvalue weighted by Gasteiger charge is -2.12. The number of aromatic carboxylic acids is 1. The van der Waals surface area contributed by atoms with Crippen LogP contribution < -0.4 is 21.5 Å². The van der Waals surface area contributed by atoms with Crippen molar-refractivity contribution < 1.29 is 20.4 Å². The molecule has 8 heteroatoms. The number of aryl methyl sites for hydroxylation is 2. The average Bonchev–Trinajstić information content (AvgIpc) is 2.90. The van der Waals surface area contributed by atoms with Crippen LogP contribution in [0.1, 0.15) is 28.0 Å². The molecule has 0 saturated carbocycles. The number of hydrazine groups is 1. The SMILES string of the molecule is [NH3+]NNCCC[n+]1[nH]c2c(c1C(=O)O)CCc1cnccc1-2. The lowest BCUT2D eigenvalue weighted by atomic mass is 9.90. The van der Waals surface area contributed by atoms with Crippen molar-refractivity contribution in [2.24, 2.45) is 0 Å². The Balaban J connectivity index is 1.96. The first-order valence-electron chi connectivity index (χ1n) is 7.28. The normalized spacial score (nSPS) is 12.8. The van der Waals surface area contributed by atoms with E-state index in [1.165, 1.54) is 0 Å². The lowest BCUT2D eigenvalue weighted by molar-refractivity contribution is -0.751. The van der Waals surface area contributed by atoms with E-state index in [1.54, 1.807) is 10.9 Å². The van der Waals surface area contributed by atoms with Gasteiger partial charge in [0.1, 0.15) is 5.69 Å². The van der Waals surface area contributed by atoms with Crippen LogP contribution in [0.2, 0.25) is 0 Å². The zero-order chi connectivity index (χ0) is 15.5. The topological polar surface area (TPSA) is 122 Å². The summed E-state index contributed by atoms with van der Waals surface area (Å²) in [5.74, 6) is 2.59. The van der Waals surface area contributed by atoms with Gasteiger partial charge in [0, 0.05) is 30.9 Å². The number of hydrogen-bond donors (Lipinski definition) is 5. The second-order valence-electron chi connectivity index (χ2n) is 5.26. The maximum absolute atomic E-state index is 11.7. The fraction of sp³-hybridized carbons (Fsp3) is 0.357. The molecule has 0 unspecified atom stereocenters. The van der Waals surface area contributed by atoms with Crippen molar-refractivity contribution in [2.45, 2.75) is 25.8 Å². The molecule has 0 saturated heterocycles. The summed E-state index contributed by atoms with van der Waals surface area (Å²) < 4.78 is 1.73. The van der Waals surface area contributed by atoms with Crippen molar-refractivity contribution in [3.05, 3.63) is 35.3 Å². The first-order valence-corrected chi connectivity index (χ1v) is 7.28. The quantitative estimate of drug-likeness (QED) is 0.261. The molecule has 7 N–H and O–H groups in total. The Bertz CT molecular complexity index is 697. The van der Waals surface area contributed by atoms with Gasteiger partial charge in [0.2, 0.25) is 0 Å². The molecular formula is C14H20N6O2+2. The second kappa shape index (κ2) is 6.22. The fourth-order valence-corrected chi connectivity index (χ4v) is 2.96. The molecule has 0 fully saturated rings. The van der Waals surface area contributed by atoms with Crippen LogP contribution in [0, 0.1) is 0 Å². The summed E-state index contributed by atoms with van der Waals surface area (Å²) >= 11 is 0. The molecule has 8 nitrogen and oxygen atoms in total. The van der Waals surface area contributed by atoms with E-state index in [-0.39, 0.29) is 0 Å². The zero-order valence-electron chi connectivity index (χ0n) is 12.2. The molecule has 0 amide bonds. The molecule has 0 aromatic carbocycles. The van der Waals surface area contributed by atoms with Crippen LogP contribution in [0.4, 0.5) is 0 Å². The number of aromatic amines is 1. The summed E-state index contributed by atoms with van der Waals surface area (Å²) in [6, 6.07) is 1.94. The zero-order valence-corrected chi connectivity index (χ0v) is 12.2. The van der Waals surface area contributed by atoms with Crippen molar-refractivity contribution in [2.75, 3.05) is 6.54 Å². The fourth-order valence-electron chi connectivity index (χ4n) is 2.96. The Morgan fingerprint density at radius 2 is 2.36 bits per heavy atom. The van der Waals surface area contributed by atoms with Crippen LogP contribution in [0.3, 0.4) is 0 Å². The minimum atomic E-state index is -0.891. The van der Waals surface area contributed by atoms with Gasteiger partial charge < -0.3 is 5.11 Å². The molecule has 3 rings (SSSR count). The van der Waals surface area contributed by atoms with Crippen LogP contribution in [0.5, 0.6) is 0 Å². The van der Waals surface area contributed by atoms with Gasteiger partial charge in [-0.25, -0.2) is 10.2 Å². The van der Waals surface area contributed by atoms with E-state index in [4.69, 9.17) is 0 Å². The van der Waals surface area contributed by atoms with Crippen LogP contribution >= 0.6 is 0 Å². The summed E-state index contributed by atoms with van der Waals surface area (Å²) in [4.78, 5) is 15.8. The average molecular weight is 304 g/mol. The van der Waals surface area contributed by atoms with Gasteiger partial charge in [-0.15, -0.1) is 10.2 Å². The third-order valence-corrected chi connectivity index (χ3v) is 3.93. The summed E-state index contributed by atoms with van der Waals surface area (Å²) in [5.41, 5.74) is 9.87. The van der Waals surface area contributed by atoms with E-state index in [1.807, 2.05) is 12.3 Å². The molecule has 0 atom stereocenters. The Kier molecular flexibility index (Phi) is 4.14. The molecule has 1 aliphatic carbocycles. The maximum Gasteiger partial charge on any atom is 0.404 e. The van der Waals surface area contributed by atoms with Crippen LogP contribution in [0.15, 0.2) is 18.5 Å². The van der Waals surface area contributed by atoms with Crippen molar-refractivity contribution in [3.8, 4) is 11.3 Å². The standard InChI is InChI=1S/C14H18N6O2/c15-19-17-5-1-7-20-13(14(21)22)11-3-2-9-8-16-6-4-10(9)12(11)18-20/h4,6,8H,1-3,5,7H2,(H5,15,16,17,18,19,21,22)/p+2. The first kappa shape index (κ1) is 14.6. The second-order valence-corrected chi connectivity index (χ2v) is 5.26. The highest BCUT2D eigenvalue weighted by Crippen LogP contribution is 2.32. The van der Waals surface area contributed by atoms with Gasteiger partial charge in [0.25, 0.3) is 0 Å². The Labute approximate surface area is 127 Å². The largest absolute Gasteiger partial charge is 0.473 e. The van der Waals surface area contributed by atoms with Gasteiger partial charge in [-0.1, -0.05) is 0 Å². The maximum atomic E-state index is 11.7. The number of nitrogens with one attached hydrogen (secondary N) is 3. The predicted molar refractivity (Wildman–Crippen MR) is 77.2 cm³/mol. The highest BCUT2D eigenvalue weighted by Gasteiger charge is 2.33. The minimum Gasteiger partial charge on any atom is -0.473 e. The number of H-pyrrole nitrogens is 1. The minimum absolute atomic E-state index is 0.361. The third kappa shape index (κ3) is 2.59. The van der Waals surface area contributed by atoms with Crippen molar-refractivity contribution in [3.63, 3.8) is 0 Å². The van der Waals surface area contributed by atoms with Crippen LogP contribution in [-0.2, 0) is 19.4 Å². The molecule has 116 valence electrons. The van der Waals surface area contributed by atoms with Crippen molar-refractivity contribution >= 4 is 5.97 Å². The number of quaternary nitrogens is 1. The van der Waals surface area contributed by atoms with Gasteiger partial charge in [0.15, 0.2) is 6.54 Å². The van der Waals surface area contributed by atoms with E-state index in [9.17, 15) is 9.90 Å². The van der Waals surface area contributed by atoms with E-state index < -0.39 is 5.97 Å². The molecule has 0 aliphatic heterocycles. The van der Waals surface area contributed by atoms with Gasteiger partial charge in [-0.3, -0.25) is 10.8 Å². The van der Waals surface area contributed by atoms with E-state index in [0.29, 0.717) is 18.8 Å². The molecule has 0 spiro atoms. The molecule has 2 aromatic heterocycles. The highest BCUT2D eigenvalue weighted by molar-refractivity contribution is 5.88. The molecular weight excluding hydrogens is 284 g/mol. The van der Waals surface area contributed by atoms with Gasteiger partial charge in [0.05, 0.1) is 5.56 Å². The number of aromatic nitrogens is 3. The number of carbonyl (C=O) groups is 1. The van der Waals surface area contributed by atoms with E-state index in [2.05, 4.69) is 26.9 Å². The molecule has 0 bridgehead atoms. The number of rotatable bonds is 6. The predicted octanol–water partition coefficient (Wildman–Crippen LogP) is -1.20. The summed E-state index contributed by atoms with van der Waals surface area (Å²) in [6.07, 6.45) is 5.92. The van der Waals surface area contributed by atoms with Gasteiger partial charge in [-0.2, -0.15) is 5.10 Å². The Hall–Kier alpha value is -2.29. The van der Waals surface area contributed by atoms with Crippen molar-refractivity contribution in [1.29, 1.82) is 0 Å². The summed E-state index contributed by atoms with van der Waals surface area (Å²) in [6.45, 7) is 1.31. The van der Waals surface area contributed by atoms with Gasteiger partial charge >= 0.3 is 11.7 Å². The van der Waals surface area contributed by atoms with Crippen molar-refractivity contribution in [1.82, 2.24) is 21.0 Å². The van der Waals surface area contributed by atoms with Crippen LogP contribution in [0.25, 0.3) is 11.3 Å². The highest BCUT2D eigenvalue weighted by atomic mass is 16.4. The lowest BCUT2D eigenvalue weighted by Crippen LogP contribution is -2.70. The molecule has 0 radical (unpaired) electrons. The van der Waals surface area contributed by atoms with E-state index in [0.717, 1.165) is 41.6 Å². The Morgan fingerprint density at radius 1 is 1.50 bits per heavy atom. The number of pyridine rings is 1. The number of carboxylic acid groups (broad SMARTS) is 1. The molecule has 2 aromatic rings. The third-order valence-electron chi connectivity index (χ3n) is 3.93. The summed E-state index contributed by atoms with van der Waals surface area (Å²) in [5, 5.41) is 12.8. The van der Waals surface area contributed by atoms with E-state index >= 15 is 0 Å². The van der Waals surface area contributed by atoms with Gasteiger partial charge in [-0.05, 0) is 24.5 Å². The number of fused-ring (bicyclic) bond motifs is 3. The molecule has 22 heavy (non-hydrogen) atoms. The van der Waals surface area contributed by atoms with Crippen LogP contribution in [-0.4, -0.2) is 27.7 Å². The molecule has 1 aliphatic rings.